The number of benzene rings is 1. The Bertz CT molecular complexity index is 1230. The SMILES string of the molecule is CC(C(=O)NCc1ccc(S(=O)(=O)N2CCOCC2)cc1)n1c(-c2cccs2)n[nH]c1=S. The fourth-order valence-electron chi connectivity index (χ4n) is 3.41. The fraction of sp³-hybridized carbons (Fsp3) is 0.350. The molecule has 3 heterocycles. The normalized spacial score (nSPS) is 16.0. The first kappa shape index (κ1) is 22.8. The maximum absolute atomic E-state index is 12.8. The molecule has 1 fully saturated rings. The summed E-state index contributed by atoms with van der Waals surface area (Å²) in [5.74, 6) is 0.399. The molecule has 1 aliphatic heterocycles. The molecule has 170 valence electrons. The van der Waals surface area contributed by atoms with Gasteiger partial charge in [-0.1, -0.05) is 18.2 Å². The van der Waals surface area contributed by atoms with Crippen LogP contribution in [-0.4, -0.2) is 59.7 Å². The molecule has 32 heavy (non-hydrogen) atoms. The lowest BCUT2D eigenvalue weighted by Crippen LogP contribution is -2.40. The van der Waals surface area contributed by atoms with E-state index in [2.05, 4.69) is 15.5 Å². The summed E-state index contributed by atoms with van der Waals surface area (Å²) in [5.41, 5.74) is 0.792. The molecule has 9 nitrogen and oxygen atoms in total. The van der Waals surface area contributed by atoms with Gasteiger partial charge < -0.3 is 10.1 Å². The Kier molecular flexibility index (Phi) is 6.86. The maximum Gasteiger partial charge on any atom is 0.243 e. The molecule has 1 amide bonds. The minimum atomic E-state index is -3.54. The lowest BCUT2D eigenvalue weighted by Gasteiger charge is -2.26. The van der Waals surface area contributed by atoms with Crippen molar-refractivity contribution in [3.8, 4) is 10.7 Å². The molecule has 0 saturated carbocycles. The van der Waals surface area contributed by atoms with Gasteiger partial charge in [0.2, 0.25) is 15.9 Å². The van der Waals surface area contributed by atoms with Crippen molar-refractivity contribution < 1.29 is 17.9 Å². The van der Waals surface area contributed by atoms with Crippen LogP contribution in [0.5, 0.6) is 0 Å². The highest BCUT2D eigenvalue weighted by atomic mass is 32.2. The first-order valence-electron chi connectivity index (χ1n) is 10.0. The Morgan fingerprint density at radius 3 is 2.66 bits per heavy atom. The molecule has 2 aromatic heterocycles. The summed E-state index contributed by atoms with van der Waals surface area (Å²) in [5, 5.41) is 11.8. The molecule has 1 unspecified atom stereocenters. The number of H-pyrrole nitrogens is 1. The van der Waals surface area contributed by atoms with E-state index in [1.165, 1.54) is 15.6 Å². The third-order valence-electron chi connectivity index (χ3n) is 5.21. The molecule has 0 radical (unpaired) electrons. The topological polar surface area (TPSA) is 109 Å². The standard InChI is InChI=1S/C20H23N5O4S3/c1-14(25-18(22-23-20(25)30)17-3-2-12-31-17)19(26)21-13-15-4-6-16(7-5-15)32(27,28)24-8-10-29-11-9-24/h2-7,12,14H,8-11,13H2,1H3,(H,21,26)(H,23,30). The Hall–Kier alpha value is -2.38. The third-order valence-corrected chi connectivity index (χ3v) is 8.28. The van der Waals surface area contributed by atoms with Crippen LogP contribution in [0.25, 0.3) is 10.7 Å². The summed E-state index contributed by atoms with van der Waals surface area (Å²) >= 11 is 6.84. The molecule has 1 aliphatic rings. The third kappa shape index (κ3) is 4.69. The number of carbonyl (C=O) groups is 1. The minimum Gasteiger partial charge on any atom is -0.379 e. The van der Waals surface area contributed by atoms with Crippen molar-refractivity contribution in [2.75, 3.05) is 26.3 Å². The average Bonchev–Trinajstić information content (AvgIpc) is 3.47. The van der Waals surface area contributed by atoms with Crippen LogP contribution in [-0.2, 0) is 26.1 Å². The van der Waals surface area contributed by atoms with Crippen LogP contribution >= 0.6 is 23.6 Å². The molecule has 0 spiro atoms. The molecular formula is C20H23N5O4S3. The zero-order valence-corrected chi connectivity index (χ0v) is 19.8. The monoisotopic (exact) mass is 493 g/mol. The van der Waals surface area contributed by atoms with Crippen molar-refractivity contribution in [2.45, 2.75) is 24.4 Å². The number of amides is 1. The van der Waals surface area contributed by atoms with E-state index < -0.39 is 16.1 Å². The Morgan fingerprint density at radius 2 is 2.00 bits per heavy atom. The van der Waals surface area contributed by atoms with Gasteiger partial charge in [0.05, 0.1) is 23.0 Å². The van der Waals surface area contributed by atoms with Gasteiger partial charge >= 0.3 is 0 Å². The summed E-state index contributed by atoms with van der Waals surface area (Å²) in [6.07, 6.45) is 0. The predicted octanol–water partition coefficient (Wildman–Crippen LogP) is 2.57. The van der Waals surface area contributed by atoms with Gasteiger partial charge in [-0.05, 0) is 48.3 Å². The molecule has 1 atom stereocenters. The number of carbonyl (C=O) groups excluding carboxylic acids is 1. The molecule has 0 bridgehead atoms. The zero-order chi connectivity index (χ0) is 22.7. The quantitative estimate of drug-likeness (QED) is 0.490. The number of aromatic amines is 1. The number of hydrogen-bond acceptors (Lipinski definition) is 7. The maximum atomic E-state index is 12.8. The van der Waals surface area contributed by atoms with Gasteiger partial charge in [0.15, 0.2) is 10.6 Å². The minimum absolute atomic E-state index is 0.217. The second kappa shape index (κ2) is 9.63. The van der Waals surface area contributed by atoms with Crippen molar-refractivity contribution in [2.24, 2.45) is 0 Å². The lowest BCUT2D eigenvalue weighted by atomic mass is 10.2. The van der Waals surface area contributed by atoms with Crippen molar-refractivity contribution in [3.05, 3.63) is 52.1 Å². The van der Waals surface area contributed by atoms with Crippen LogP contribution in [0.4, 0.5) is 0 Å². The highest BCUT2D eigenvalue weighted by Gasteiger charge is 2.26. The van der Waals surface area contributed by atoms with Crippen molar-refractivity contribution in [1.82, 2.24) is 24.4 Å². The zero-order valence-electron chi connectivity index (χ0n) is 17.4. The first-order valence-corrected chi connectivity index (χ1v) is 12.8. The largest absolute Gasteiger partial charge is 0.379 e. The van der Waals surface area contributed by atoms with Crippen LogP contribution in [0.2, 0.25) is 0 Å². The lowest BCUT2D eigenvalue weighted by molar-refractivity contribution is -0.124. The average molecular weight is 494 g/mol. The molecule has 1 aromatic carbocycles. The smallest absolute Gasteiger partial charge is 0.243 e. The van der Waals surface area contributed by atoms with Crippen LogP contribution in [0, 0.1) is 4.77 Å². The van der Waals surface area contributed by atoms with Gasteiger partial charge in [-0.3, -0.25) is 14.5 Å². The van der Waals surface area contributed by atoms with E-state index >= 15 is 0 Å². The van der Waals surface area contributed by atoms with Gasteiger partial charge in [-0.2, -0.15) is 9.40 Å². The molecule has 1 saturated heterocycles. The highest BCUT2D eigenvalue weighted by molar-refractivity contribution is 7.89. The first-order chi connectivity index (χ1) is 15.4. The Balaban J connectivity index is 1.42. The number of nitrogens with zero attached hydrogens (tertiary/aromatic N) is 3. The second-order valence-corrected chi connectivity index (χ2v) is 10.5. The van der Waals surface area contributed by atoms with E-state index in [1.807, 2.05) is 17.5 Å². The van der Waals surface area contributed by atoms with Crippen LogP contribution in [0.15, 0.2) is 46.7 Å². The molecule has 3 aromatic rings. The second-order valence-electron chi connectivity index (χ2n) is 7.25. The molecule has 12 heteroatoms. The van der Waals surface area contributed by atoms with E-state index in [9.17, 15) is 13.2 Å². The highest BCUT2D eigenvalue weighted by Crippen LogP contribution is 2.25. The van der Waals surface area contributed by atoms with Crippen molar-refractivity contribution in [1.29, 1.82) is 0 Å². The molecule has 2 N–H and O–H groups in total. The van der Waals surface area contributed by atoms with E-state index in [4.69, 9.17) is 17.0 Å². The Labute approximate surface area is 195 Å². The Morgan fingerprint density at radius 1 is 1.28 bits per heavy atom. The van der Waals surface area contributed by atoms with E-state index in [1.54, 1.807) is 35.8 Å². The number of morpholine rings is 1. The number of sulfonamides is 1. The molecule has 4 rings (SSSR count). The summed E-state index contributed by atoms with van der Waals surface area (Å²) in [6.45, 7) is 3.52. The van der Waals surface area contributed by atoms with Gasteiger partial charge in [-0.15, -0.1) is 11.3 Å². The number of ether oxygens (including phenoxy) is 1. The van der Waals surface area contributed by atoms with Crippen molar-refractivity contribution >= 4 is 39.5 Å². The van der Waals surface area contributed by atoms with Gasteiger partial charge in [0.1, 0.15) is 6.04 Å². The number of thiophene rings is 1. The van der Waals surface area contributed by atoms with E-state index in [-0.39, 0.29) is 17.3 Å². The fourth-order valence-corrected chi connectivity index (χ4v) is 5.82. The van der Waals surface area contributed by atoms with E-state index in [0.29, 0.717) is 36.9 Å². The summed E-state index contributed by atoms with van der Waals surface area (Å²) in [4.78, 5) is 13.9. The number of rotatable bonds is 7. The number of nitrogens with one attached hydrogen (secondary N) is 2. The van der Waals surface area contributed by atoms with Crippen LogP contribution in [0.1, 0.15) is 18.5 Å². The van der Waals surface area contributed by atoms with Crippen molar-refractivity contribution in [3.63, 3.8) is 0 Å². The summed E-state index contributed by atoms with van der Waals surface area (Å²) < 4.78 is 34.2. The van der Waals surface area contributed by atoms with Gasteiger partial charge in [0, 0.05) is 19.6 Å². The van der Waals surface area contributed by atoms with Crippen LogP contribution < -0.4 is 5.32 Å². The van der Waals surface area contributed by atoms with Gasteiger partial charge in [-0.25, -0.2) is 8.42 Å². The van der Waals surface area contributed by atoms with Gasteiger partial charge in [0.25, 0.3) is 0 Å². The summed E-state index contributed by atoms with van der Waals surface area (Å²) in [7, 11) is -3.54. The molecule has 0 aliphatic carbocycles. The van der Waals surface area contributed by atoms with E-state index in [0.717, 1.165) is 10.4 Å². The predicted molar refractivity (Wildman–Crippen MR) is 123 cm³/mol. The summed E-state index contributed by atoms with van der Waals surface area (Å²) in [6, 6.07) is 9.81. The molecular weight excluding hydrogens is 470 g/mol. The number of aromatic nitrogens is 3. The van der Waals surface area contributed by atoms with Crippen LogP contribution in [0.3, 0.4) is 0 Å². The number of hydrogen-bond donors (Lipinski definition) is 2.